The van der Waals surface area contributed by atoms with Crippen LogP contribution in [0, 0.1) is 25.7 Å². The molecule has 0 bridgehead atoms. The molecule has 0 spiro atoms. The standard InChI is InChI=1S/C16H27NS/c1-4-14-5-7-15(8-6-14)10-17-11-16-9-12(2)18-13(16)3/h9,14-15,17H,4-8,10-11H2,1-3H3. The van der Waals surface area contributed by atoms with Gasteiger partial charge in [-0.05, 0) is 56.7 Å². The molecule has 1 heterocycles. The van der Waals surface area contributed by atoms with E-state index in [0.29, 0.717) is 0 Å². The Hall–Kier alpha value is -0.340. The highest BCUT2D eigenvalue weighted by Crippen LogP contribution is 2.30. The van der Waals surface area contributed by atoms with Crippen LogP contribution in [0.15, 0.2) is 6.07 Å². The lowest BCUT2D eigenvalue weighted by molar-refractivity contribution is 0.262. The zero-order valence-corrected chi connectivity index (χ0v) is 12.9. The van der Waals surface area contributed by atoms with Crippen molar-refractivity contribution in [1.82, 2.24) is 5.32 Å². The summed E-state index contributed by atoms with van der Waals surface area (Å²) in [5.74, 6) is 1.94. The van der Waals surface area contributed by atoms with Gasteiger partial charge in [0.15, 0.2) is 0 Å². The van der Waals surface area contributed by atoms with Crippen LogP contribution in [-0.2, 0) is 6.54 Å². The molecular weight excluding hydrogens is 238 g/mol. The summed E-state index contributed by atoms with van der Waals surface area (Å²) >= 11 is 1.92. The van der Waals surface area contributed by atoms with Crippen molar-refractivity contribution in [2.24, 2.45) is 11.8 Å². The second-order valence-corrected chi connectivity index (χ2v) is 7.32. The Morgan fingerprint density at radius 2 is 1.83 bits per heavy atom. The van der Waals surface area contributed by atoms with Crippen LogP contribution in [0.25, 0.3) is 0 Å². The number of nitrogens with one attached hydrogen (secondary N) is 1. The average molecular weight is 265 g/mol. The van der Waals surface area contributed by atoms with Gasteiger partial charge in [0.2, 0.25) is 0 Å². The average Bonchev–Trinajstić information content (AvgIpc) is 2.69. The summed E-state index contributed by atoms with van der Waals surface area (Å²) in [6.07, 6.45) is 7.17. The van der Waals surface area contributed by atoms with E-state index in [1.165, 1.54) is 54.0 Å². The maximum atomic E-state index is 3.67. The Balaban J connectivity index is 1.68. The van der Waals surface area contributed by atoms with Crippen LogP contribution in [0.2, 0.25) is 0 Å². The van der Waals surface area contributed by atoms with Gasteiger partial charge >= 0.3 is 0 Å². The van der Waals surface area contributed by atoms with Crippen LogP contribution in [0.1, 0.15) is 54.3 Å². The minimum absolute atomic E-state index is 0.924. The van der Waals surface area contributed by atoms with Gasteiger partial charge < -0.3 is 5.32 Å². The van der Waals surface area contributed by atoms with Crippen molar-refractivity contribution in [2.75, 3.05) is 6.54 Å². The molecule has 1 fully saturated rings. The number of hydrogen-bond donors (Lipinski definition) is 1. The summed E-state index contributed by atoms with van der Waals surface area (Å²) in [5, 5.41) is 3.67. The number of hydrogen-bond acceptors (Lipinski definition) is 2. The maximum Gasteiger partial charge on any atom is 0.0216 e. The van der Waals surface area contributed by atoms with Crippen molar-refractivity contribution in [2.45, 2.75) is 59.4 Å². The quantitative estimate of drug-likeness (QED) is 0.815. The van der Waals surface area contributed by atoms with Gasteiger partial charge in [0.25, 0.3) is 0 Å². The lowest BCUT2D eigenvalue weighted by atomic mass is 9.81. The highest BCUT2D eigenvalue weighted by atomic mass is 32.1. The topological polar surface area (TPSA) is 12.0 Å². The molecule has 1 aromatic heterocycles. The molecule has 0 aliphatic heterocycles. The Kier molecular flexibility index (Phi) is 5.25. The van der Waals surface area contributed by atoms with Crippen LogP contribution in [0.4, 0.5) is 0 Å². The maximum absolute atomic E-state index is 3.67. The monoisotopic (exact) mass is 265 g/mol. The Morgan fingerprint density at radius 3 is 2.39 bits per heavy atom. The van der Waals surface area contributed by atoms with Crippen molar-refractivity contribution >= 4 is 11.3 Å². The molecule has 18 heavy (non-hydrogen) atoms. The summed E-state index contributed by atoms with van der Waals surface area (Å²) in [7, 11) is 0. The third-order valence-electron chi connectivity index (χ3n) is 4.44. The minimum Gasteiger partial charge on any atom is -0.312 e. The van der Waals surface area contributed by atoms with Crippen molar-refractivity contribution in [3.05, 3.63) is 21.4 Å². The van der Waals surface area contributed by atoms with Crippen molar-refractivity contribution in [3.63, 3.8) is 0 Å². The van der Waals surface area contributed by atoms with Gasteiger partial charge in [0, 0.05) is 16.3 Å². The normalized spacial score (nSPS) is 24.4. The highest BCUT2D eigenvalue weighted by Gasteiger charge is 2.19. The van der Waals surface area contributed by atoms with Crippen molar-refractivity contribution in [3.8, 4) is 0 Å². The molecule has 1 aliphatic carbocycles. The number of thiophene rings is 1. The Bertz CT molecular complexity index is 361. The fourth-order valence-electron chi connectivity index (χ4n) is 3.11. The molecular formula is C16H27NS. The first-order chi connectivity index (χ1) is 8.69. The fraction of sp³-hybridized carbons (Fsp3) is 0.750. The van der Waals surface area contributed by atoms with E-state index in [1.54, 1.807) is 0 Å². The van der Waals surface area contributed by atoms with E-state index in [4.69, 9.17) is 0 Å². The lowest BCUT2D eigenvalue weighted by Gasteiger charge is -2.27. The molecule has 2 rings (SSSR count). The fourth-order valence-corrected chi connectivity index (χ4v) is 4.06. The van der Waals surface area contributed by atoms with Gasteiger partial charge in [-0.1, -0.05) is 26.2 Å². The summed E-state index contributed by atoms with van der Waals surface area (Å²) in [6.45, 7) is 9.05. The van der Waals surface area contributed by atoms with Gasteiger partial charge in [-0.2, -0.15) is 0 Å². The first-order valence-electron chi connectivity index (χ1n) is 7.45. The summed E-state index contributed by atoms with van der Waals surface area (Å²) in [6, 6.07) is 2.33. The summed E-state index contributed by atoms with van der Waals surface area (Å²) < 4.78 is 0. The summed E-state index contributed by atoms with van der Waals surface area (Å²) in [4.78, 5) is 2.92. The molecule has 0 unspecified atom stereocenters. The molecule has 0 atom stereocenters. The van der Waals surface area contributed by atoms with E-state index < -0.39 is 0 Å². The first-order valence-corrected chi connectivity index (χ1v) is 8.27. The highest BCUT2D eigenvalue weighted by molar-refractivity contribution is 7.12. The zero-order valence-electron chi connectivity index (χ0n) is 12.1. The molecule has 0 aromatic carbocycles. The smallest absolute Gasteiger partial charge is 0.0216 e. The van der Waals surface area contributed by atoms with E-state index in [-0.39, 0.29) is 0 Å². The van der Waals surface area contributed by atoms with E-state index in [0.717, 1.165) is 18.4 Å². The Morgan fingerprint density at radius 1 is 1.17 bits per heavy atom. The molecule has 1 N–H and O–H groups in total. The SMILES string of the molecule is CCC1CCC(CNCc2cc(C)sc2C)CC1. The zero-order chi connectivity index (χ0) is 13.0. The largest absolute Gasteiger partial charge is 0.312 e. The van der Waals surface area contributed by atoms with Crippen LogP contribution in [-0.4, -0.2) is 6.54 Å². The minimum atomic E-state index is 0.924. The summed E-state index contributed by atoms with van der Waals surface area (Å²) in [5.41, 5.74) is 1.50. The van der Waals surface area contributed by atoms with Gasteiger partial charge in [0.1, 0.15) is 0 Å². The molecule has 0 amide bonds. The van der Waals surface area contributed by atoms with Gasteiger partial charge in [-0.3, -0.25) is 0 Å². The van der Waals surface area contributed by atoms with E-state index >= 15 is 0 Å². The van der Waals surface area contributed by atoms with Crippen LogP contribution in [0.3, 0.4) is 0 Å². The predicted molar refractivity (Wildman–Crippen MR) is 81.2 cm³/mol. The van der Waals surface area contributed by atoms with E-state index in [1.807, 2.05) is 11.3 Å². The van der Waals surface area contributed by atoms with E-state index in [2.05, 4.69) is 32.2 Å². The Labute approximate surface area is 116 Å². The molecule has 0 saturated heterocycles. The molecule has 0 radical (unpaired) electrons. The second-order valence-electron chi connectivity index (χ2n) is 5.86. The van der Waals surface area contributed by atoms with E-state index in [9.17, 15) is 0 Å². The van der Waals surface area contributed by atoms with Crippen molar-refractivity contribution in [1.29, 1.82) is 0 Å². The van der Waals surface area contributed by atoms with Crippen LogP contribution < -0.4 is 5.32 Å². The number of aryl methyl sites for hydroxylation is 2. The van der Waals surface area contributed by atoms with Crippen LogP contribution >= 0.6 is 11.3 Å². The first kappa shape index (κ1) is 14.1. The second kappa shape index (κ2) is 6.72. The number of rotatable bonds is 5. The molecule has 1 aliphatic rings. The molecule has 2 heteroatoms. The van der Waals surface area contributed by atoms with Gasteiger partial charge in [-0.15, -0.1) is 11.3 Å². The molecule has 1 saturated carbocycles. The molecule has 1 aromatic rings. The van der Waals surface area contributed by atoms with Crippen LogP contribution in [0.5, 0.6) is 0 Å². The lowest BCUT2D eigenvalue weighted by Crippen LogP contribution is -2.26. The molecule has 1 nitrogen and oxygen atoms in total. The van der Waals surface area contributed by atoms with Crippen molar-refractivity contribution < 1.29 is 0 Å². The molecule has 102 valence electrons. The third-order valence-corrected chi connectivity index (χ3v) is 5.44. The predicted octanol–water partition coefficient (Wildman–Crippen LogP) is 4.67. The van der Waals surface area contributed by atoms with Gasteiger partial charge in [-0.25, -0.2) is 0 Å². The van der Waals surface area contributed by atoms with Gasteiger partial charge in [0.05, 0.1) is 0 Å². The third kappa shape index (κ3) is 3.83.